The molecule has 0 aliphatic heterocycles. The minimum Gasteiger partial charge on any atom is -0.478 e. The molecule has 0 spiro atoms. The molecule has 1 aliphatic rings. The van der Waals surface area contributed by atoms with Crippen LogP contribution in [0.2, 0.25) is 0 Å². The number of amides is 1. The van der Waals surface area contributed by atoms with Crippen LogP contribution in [-0.2, 0) is 12.8 Å². The van der Waals surface area contributed by atoms with Crippen LogP contribution in [0.1, 0.15) is 79.4 Å². The lowest BCUT2D eigenvalue weighted by Gasteiger charge is -2.15. The largest absolute Gasteiger partial charge is 0.478 e. The number of thiophene rings is 1. The van der Waals surface area contributed by atoms with Crippen molar-refractivity contribution >= 4 is 23.2 Å². The van der Waals surface area contributed by atoms with Gasteiger partial charge in [-0.15, -0.1) is 11.3 Å². The van der Waals surface area contributed by atoms with Gasteiger partial charge in [0, 0.05) is 10.4 Å². The molecular formula is C27H24FNO3S. The standard InChI is InChI=1S/C27H24FNO3S/c1-17(19-10-12-20(13-11-19)27(31)32)29-26(30)25-22-5-3-2-4-6-23(22)33-24(25)16-9-18-7-14-21(28)15-8-18/h7-8,10-15,17H,2-6H2,1H3,(H,29,30)(H,31,32)/t17-/m0/s1. The van der Waals surface area contributed by atoms with Crippen molar-refractivity contribution in [3.8, 4) is 11.8 Å². The Bertz CT molecular complexity index is 1230. The van der Waals surface area contributed by atoms with Gasteiger partial charge in [-0.3, -0.25) is 4.79 Å². The van der Waals surface area contributed by atoms with Crippen LogP contribution >= 0.6 is 11.3 Å². The fraction of sp³-hybridized carbons (Fsp3) is 0.259. The Labute approximate surface area is 196 Å². The number of aromatic carboxylic acids is 1. The van der Waals surface area contributed by atoms with Crippen LogP contribution in [0.5, 0.6) is 0 Å². The van der Waals surface area contributed by atoms with E-state index in [1.54, 1.807) is 35.6 Å². The number of benzene rings is 2. The molecule has 1 atom stereocenters. The van der Waals surface area contributed by atoms with Gasteiger partial charge in [0.05, 0.1) is 22.0 Å². The summed E-state index contributed by atoms with van der Waals surface area (Å²) in [7, 11) is 0. The number of carboxylic acid groups (broad SMARTS) is 1. The molecule has 6 heteroatoms. The summed E-state index contributed by atoms with van der Waals surface area (Å²) in [4.78, 5) is 26.5. The van der Waals surface area contributed by atoms with Crippen LogP contribution in [0.25, 0.3) is 0 Å². The smallest absolute Gasteiger partial charge is 0.335 e. The number of hydrogen-bond donors (Lipinski definition) is 2. The number of carboxylic acids is 1. The average Bonchev–Trinajstić information content (AvgIpc) is 2.99. The van der Waals surface area contributed by atoms with Gasteiger partial charge in [0.25, 0.3) is 5.91 Å². The molecular weight excluding hydrogens is 437 g/mol. The Morgan fingerprint density at radius 3 is 2.39 bits per heavy atom. The zero-order valence-corrected chi connectivity index (χ0v) is 19.1. The molecule has 0 fully saturated rings. The third-order valence-corrected chi connectivity index (χ3v) is 7.03. The monoisotopic (exact) mass is 461 g/mol. The van der Waals surface area contributed by atoms with Crippen LogP contribution in [0.3, 0.4) is 0 Å². The van der Waals surface area contributed by atoms with Crippen molar-refractivity contribution in [1.29, 1.82) is 0 Å². The number of rotatable bonds is 4. The molecule has 2 aromatic carbocycles. The van der Waals surface area contributed by atoms with Crippen molar-refractivity contribution in [3.63, 3.8) is 0 Å². The molecule has 3 aromatic rings. The van der Waals surface area contributed by atoms with Crippen molar-refractivity contribution in [2.24, 2.45) is 0 Å². The van der Waals surface area contributed by atoms with Gasteiger partial charge in [0.15, 0.2) is 0 Å². The second-order valence-electron chi connectivity index (χ2n) is 8.15. The predicted molar refractivity (Wildman–Crippen MR) is 127 cm³/mol. The van der Waals surface area contributed by atoms with Gasteiger partial charge in [-0.25, -0.2) is 9.18 Å². The SMILES string of the molecule is C[C@H](NC(=O)c1c(C#Cc2ccc(F)cc2)sc2c1CCCCC2)c1ccc(C(=O)O)cc1. The molecule has 1 aliphatic carbocycles. The Morgan fingerprint density at radius 2 is 1.70 bits per heavy atom. The first kappa shape index (κ1) is 22.8. The van der Waals surface area contributed by atoms with Gasteiger partial charge in [-0.05, 0) is 86.1 Å². The normalized spacial score (nSPS) is 13.8. The highest BCUT2D eigenvalue weighted by Gasteiger charge is 2.25. The maximum atomic E-state index is 13.4. The van der Waals surface area contributed by atoms with E-state index in [0.29, 0.717) is 11.1 Å². The minimum atomic E-state index is -0.983. The summed E-state index contributed by atoms with van der Waals surface area (Å²) in [5.74, 6) is 4.76. The molecule has 0 unspecified atom stereocenters. The van der Waals surface area contributed by atoms with E-state index in [9.17, 15) is 14.0 Å². The zero-order chi connectivity index (χ0) is 23.4. The number of carbonyl (C=O) groups is 2. The summed E-state index contributed by atoms with van der Waals surface area (Å²) in [6.07, 6.45) is 5.09. The highest BCUT2D eigenvalue weighted by atomic mass is 32.1. The number of fused-ring (bicyclic) bond motifs is 1. The summed E-state index contributed by atoms with van der Waals surface area (Å²) >= 11 is 1.58. The van der Waals surface area contributed by atoms with Gasteiger partial charge in [-0.2, -0.15) is 0 Å². The quantitative estimate of drug-likeness (QED) is 0.384. The molecule has 33 heavy (non-hydrogen) atoms. The zero-order valence-electron chi connectivity index (χ0n) is 18.3. The number of carbonyl (C=O) groups excluding carboxylic acids is 1. The lowest BCUT2D eigenvalue weighted by Crippen LogP contribution is -2.27. The van der Waals surface area contributed by atoms with Crippen LogP contribution < -0.4 is 5.32 Å². The second kappa shape index (κ2) is 10.0. The summed E-state index contributed by atoms with van der Waals surface area (Å²) in [6.45, 7) is 1.88. The van der Waals surface area contributed by atoms with Crippen LogP contribution in [0, 0.1) is 17.7 Å². The maximum Gasteiger partial charge on any atom is 0.335 e. The lowest BCUT2D eigenvalue weighted by molar-refractivity contribution is 0.0696. The first-order chi connectivity index (χ1) is 15.9. The molecule has 4 rings (SSSR count). The molecule has 2 N–H and O–H groups in total. The van der Waals surface area contributed by atoms with E-state index in [4.69, 9.17) is 5.11 Å². The van der Waals surface area contributed by atoms with Gasteiger partial charge < -0.3 is 10.4 Å². The summed E-state index contributed by atoms with van der Waals surface area (Å²) < 4.78 is 13.2. The van der Waals surface area contributed by atoms with E-state index in [0.717, 1.165) is 48.1 Å². The van der Waals surface area contributed by atoms with Crippen molar-refractivity contribution in [1.82, 2.24) is 5.32 Å². The highest BCUT2D eigenvalue weighted by Crippen LogP contribution is 2.34. The average molecular weight is 462 g/mol. The molecule has 0 bridgehead atoms. The van der Waals surface area contributed by atoms with Crippen LogP contribution in [0.15, 0.2) is 48.5 Å². The molecule has 1 aromatic heterocycles. The van der Waals surface area contributed by atoms with Gasteiger partial charge in [0.1, 0.15) is 5.82 Å². The summed E-state index contributed by atoms with van der Waals surface area (Å²) in [5.41, 5.74) is 3.46. The molecule has 0 saturated heterocycles. The van der Waals surface area contributed by atoms with E-state index in [1.807, 2.05) is 6.92 Å². The summed E-state index contributed by atoms with van der Waals surface area (Å²) in [5, 5.41) is 12.2. The van der Waals surface area contributed by atoms with Crippen molar-refractivity contribution in [2.45, 2.75) is 45.1 Å². The number of halogens is 1. The van der Waals surface area contributed by atoms with Gasteiger partial charge in [0.2, 0.25) is 0 Å². The molecule has 0 saturated carbocycles. The second-order valence-corrected chi connectivity index (χ2v) is 9.25. The van der Waals surface area contributed by atoms with Crippen molar-refractivity contribution < 1.29 is 19.1 Å². The molecule has 1 amide bonds. The van der Waals surface area contributed by atoms with Crippen LogP contribution in [-0.4, -0.2) is 17.0 Å². The fourth-order valence-corrected chi connectivity index (χ4v) is 5.24. The fourth-order valence-electron chi connectivity index (χ4n) is 4.00. The third-order valence-electron chi connectivity index (χ3n) is 5.82. The van der Waals surface area contributed by atoms with E-state index in [2.05, 4.69) is 17.2 Å². The van der Waals surface area contributed by atoms with E-state index in [1.165, 1.54) is 29.1 Å². The van der Waals surface area contributed by atoms with Gasteiger partial charge >= 0.3 is 5.97 Å². The van der Waals surface area contributed by atoms with Crippen molar-refractivity contribution in [2.75, 3.05) is 0 Å². The predicted octanol–water partition coefficient (Wildman–Crippen LogP) is 5.75. The number of hydrogen-bond acceptors (Lipinski definition) is 3. The number of nitrogens with one attached hydrogen (secondary N) is 1. The third kappa shape index (κ3) is 5.32. The summed E-state index contributed by atoms with van der Waals surface area (Å²) in [6, 6.07) is 12.2. The Kier molecular flexibility index (Phi) is 6.90. The topological polar surface area (TPSA) is 66.4 Å². The van der Waals surface area contributed by atoms with E-state index < -0.39 is 5.97 Å². The lowest BCUT2D eigenvalue weighted by atomic mass is 10.0. The highest BCUT2D eigenvalue weighted by molar-refractivity contribution is 7.13. The first-order valence-electron chi connectivity index (χ1n) is 11.0. The Morgan fingerprint density at radius 1 is 1.00 bits per heavy atom. The maximum absolute atomic E-state index is 13.4. The Hall–Kier alpha value is -3.43. The molecule has 0 radical (unpaired) electrons. The van der Waals surface area contributed by atoms with Crippen molar-refractivity contribution in [3.05, 3.63) is 91.9 Å². The number of aryl methyl sites for hydroxylation is 1. The molecule has 168 valence electrons. The Balaban J connectivity index is 1.63. The van der Waals surface area contributed by atoms with Gasteiger partial charge in [-0.1, -0.05) is 24.5 Å². The van der Waals surface area contributed by atoms with E-state index in [-0.39, 0.29) is 23.3 Å². The van der Waals surface area contributed by atoms with E-state index >= 15 is 0 Å². The molecule has 4 nitrogen and oxygen atoms in total. The first-order valence-corrected chi connectivity index (χ1v) is 11.8. The van der Waals surface area contributed by atoms with Crippen LogP contribution in [0.4, 0.5) is 4.39 Å². The molecule has 1 heterocycles. The minimum absolute atomic E-state index is 0.174.